The Morgan fingerprint density at radius 2 is 2.00 bits per heavy atom. The lowest BCUT2D eigenvalue weighted by atomic mass is 10.0. The van der Waals surface area contributed by atoms with Gasteiger partial charge in [-0.1, -0.05) is 12.1 Å². The molecule has 0 unspecified atom stereocenters. The first-order chi connectivity index (χ1) is 13.9. The van der Waals surface area contributed by atoms with Crippen LogP contribution in [0, 0.1) is 5.82 Å². The summed E-state index contributed by atoms with van der Waals surface area (Å²) < 4.78 is 18.2. The quantitative estimate of drug-likeness (QED) is 0.634. The lowest BCUT2D eigenvalue weighted by Crippen LogP contribution is -2.34. The summed E-state index contributed by atoms with van der Waals surface area (Å²) in [5.74, 6) is -0.749. The van der Waals surface area contributed by atoms with E-state index in [0.717, 1.165) is 18.4 Å². The van der Waals surface area contributed by atoms with Gasteiger partial charge in [-0.3, -0.25) is 4.79 Å². The van der Waals surface area contributed by atoms with Crippen LogP contribution >= 0.6 is 0 Å². The molecule has 2 atom stereocenters. The van der Waals surface area contributed by atoms with E-state index in [4.69, 9.17) is 9.52 Å². The van der Waals surface area contributed by atoms with E-state index >= 15 is 0 Å². The molecule has 1 amide bonds. The largest absolute Gasteiger partial charge is 0.475 e. The minimum absolute atomic E-state index is 0.0785. The second-order valence-electron chi connectivity index (χ2n) is 7.52. The molecule has 0 aliphatic carbocycles. The van der Waals surface area contributed by atoms with Gasteiger partial charge in [0.1, 0.15) is 11.6 Å². The van der Waals surface area contributed by atoms with E-state index in [9.17, 15) is 19.1 Å². The van der Waals surface area contributed by atoms with Crippen molar-refractivity contribution in [3.63, 3.8) is 0 Å². The topological polar surface area (TPSA) is 91.0 Å². The fraction of sp³-hybridized carbons (Fsp3) is 0.455. The summed E-state index contributed by atoms with van der Waals surface area (Å²) in [5.41, 5.74) is 0.887. The number of aromatic carboxylic acids is 1. The Morgan fingerprint density at radius 3 is 2.69 bits per heavy atom. The number of furan rings is 1. The first kappa shape index (κ1) is 21.0. The van der Waals surface area contributed by atoms with Crippen molar-refractivity contribution in [2.75, 3.05) is 6.54 Å². The third-order valence-electron chi connectivity index (χ3n) is 5.36. The molecule has 1 fully saturated rings. The van der Waals surface area contributed by atoms with Crippen molar-refractivity contribution in [2.45, 2.75) is 57.1 Å². The number of aliphatic hydroxyl groups excluding tert-OH is 1. The van der Waals surface area contributed by atoms with Crippen LogP contribution in [0.1, 0.15) is 54.0 Å². The minimum atomic E-state index is -1.09. The third-order valence-corrected chi connectivity index (χ3v) is 5.36. The van der Waals surface area contributed by atoms with Gasteiger partial charge in [0.2, 0.25) is 11.7 Å². The minimum Gasteiger partial charge on any atom is -0.475 e. The van der Waals surface area contributed by atoms with Gasteiger partial charge in [0.25, 0.3) is 0 Å². The van der Waals surface area contributed by atoms with E-state index in [1.165, 1.54) is 18.2 Å². The zero-order valence-electron chi connectivity index (χ0n) is 16.2. The SMILES string of the molecule is O=C(O)c1ccc(CCCN2C(=O)CC[C@@H]2CC[C@@H](O)Cc2ccc(F)cc2)o1. The van der Waals surface area contributed by atoms with E-state index in [-0.39, 0.29) is 23.5 Å². The van der Waals surface area contributed by atoms with E-state index in [2.05, 4.69) is 0 Å². The number of carboxylic acid groups (broad SMARTS) is 1. The summed E-state index contributed by atoms with van der Waals surface area (Å²) >= 11 is 0. The summed E-state index contributed by atoms with van der Waals surface area (Å²) in [7, 11) is 0. The summed E-state index contributed by atoms with van der Waals surface area (Å²) in [6.45, 7) is 0.584. The van der Waals surface area contributed by atoms with E-state index in [1.807, 2.05) is 4.90 Å². The van der Waals surface area contributed by atoms with Gasteiger partial charge < -0.3 is 19.5 Å². The number of rotatable bonds is 10. The molecule has 156 valence electrons. The fourth-order valence-corrected chi connectivity index (χ4v) is 3.83. The number of amides is 1. The second-order valence-corrected chi connectivity index (χ2v) is 7.52. The molecule has 6 nitrogen and oxygen atoms in total. The summed E-state index contributed by atoms with van der Waals surface area (Å²) in [6, 6.07) is 9.32. The molecule has 1 aliphatic rings. The predicted molar refractivity (Wildman–Crippen MR) is 104 cm³/mol. The van der Waals surface area contributed by atoms with Crippen molar-refractivity contribution in [1.82, 2.24) is 4.90 Å². The number of aliphatic hydroxyl groups is 1. The molecular weight excluding hydrogens is 377 g/mol. The van der Waals surface area contributed by atoms with Gasteiger partial charge in [-0.25, -0.2) is 9.18 Å². The average Bonchev–Trinajstić information content (AvgIpc) is 3.30. The lowest BCUT2D eigenvalue weighted by molar-refractivity contribution is -0.129. The smallest absolute Gasteiger partial charge is 0.371 e. The van der Waals surface area contributed by atoms with Crippen molar-refractivity contribution in [3.8, 4) is 0 Å². The van der Waals surface area contributed by atoms with Crippen molar-refractivity contribution < 1.29 is 28.6 Å². The molecule has 0 radical (unpaired) electrons. The van der Waals surface area contributed by atoms with Gasteiger partial charge in [-0.05, 0) is 61.9 Å². The van der Waals surface area contributed by atoms with Crippen LogP contribution < -0.4 is 0 Å². The maximum absolute atomic E-state index is 13.0. The lowest BCUT2D eigenvalue weighted by Gasteiger charge is -2.25. The fourth-order valence-electron chi connectivity index (χ4n) is 3.83. The predicted octanol–water partition coefficient (Wildman–Crippen LogP) is 3.42. The molecule has 1 aliphatic heterocycles. The van der Waals surface area contributed by atoms with E-state index in [0.29, 0.717) is 44.4 Å². The second kappa shape index (κ2) is 9.69. The number of carboxylic acids is 1. The number of hydrogen-bond donors (Lipinski definition) is 2. The first-order valence-corrected chi connectivity index (χ1v) is 9.96. The molecule has 3 rings (SSSR count). The zero-order chi connectivity index (χ0) is 20.8. The Bertz CT molecular complexity index is 832. The normalized spacial score (nSPS) is 17.7. The Hall–Kier alpha value is -2.67. The third kappa shape index (κ3) is 5.90. The van der Waals surface area contributed by atoms with Crippen molar-refractivity contribution in [2.24, 2.45) is 0 Å². The Morgan fingerprint density at radius 1 is 1.24 bits per heavy atom. The van der Waals surface area contributed by atoms with Crippen LogP contribution in [0.15, 0.2) is 40.8 Å². The number of hydrogen-bond acceptors (Lipinski definition) is 4. The monoisotopic (exact) mass is 403 g/mol. The summed E-state index contributed by atoms with van der Waals surface area (Å²) in [6.07, 6.45) is 3.78. The van der Waals surface area contributed by atoms with Gasteiger partial charge in [-0.15, -0.1) is 0 Å². The van der Waals surface area contributed by atoms with Crippen molar-refractivity contribution in [1.29, 1.82) is 0 Å². The van der Waals surface area contributed by atoms with Crippen LogP contribution in [0.4, 0.5) is 4.39 Å². The number of benzene rings is 1. The molecule has 1 aromatic heterocycles. The van der Waals surface area contributed by atoms with Gasteiger partial charge in [-0.2, -0.15) is 0 Å². The van der Waals surface area contributed by atoms with Crippen molar-refractivity contribution >= 4 is 11.9 Å². The highest BCUT2D eigenvalue weighted by molar-refractivity contribution is 5.84. The highest BCUT2D eigenvalue weighted by Crippen LogP contribution is 2.24. The number of nitrogens with zero attached hydrogens (tertiary/aromatic N) is 1. The maximum atomic E-state index is 13.0. The van der Waals surface area contributed by atoms with Crippen LogP contribution in [0.2, 0.25) is 0 Å². The average molecular weight is 403 g/mol. The molecular formula is C22H26FNO5. The summed E-state index contributed by atoms with van der Waals surface area (Å²) in [4.78, 5) is 24.9. The molecule has 1 saturated heterocycles. The Labute approximate surface area is 168 Å². The number of likely N-dealkylation sites (tertiary alicyclic amines) is 1. The van der Waals surface area contributed by atoms with Gasteiger partial charge in [0, 0.05) is 25.4 Å². The number of carbonyl (C=O) groups excluding carboxylic acids is 1. The van der Waals surface area contributed by atoms with E-state index < -0.39 is 12.1 Å². The molecule has 7 heteroatoms. The van der Waals surface area contributed by atoms with Crippen LogP contribution in [0.3, 0.4) is 0 Å². The van der Waals surface area contributed by atoms with E-state index in [1.54, 1.807) is 18.2 Å². The first-order valence-electron chi connectivity index (χ1n) is 9.96. The molecule has 2 aromatic rings. The van der Waals surface area contributed by atoms with Gasteiger partial charge in [0.15, 0.2) is 0 Å². The van der Waals surface area contributed by atoms with Gasteiger partial charge in [0.05, 0.1) is 6.10 Å². The number of aryl methyl sites for hydroxylation is 1. The van der Waals surface area contributed by atoms with Crippen LogP contribution in [0.5, 0.6) is 0 Å². The molecule has 0 bridgehead atoms. The maximum Gasteiger partial charge on any atom is 0.371 e. The molecule has 2 N–H and O–H groups in total. The van der Waals surface area contributed by atoms with Gasteiger partial charge >= 0.3 is 5.97 Å². The molecule has 0 saturated carbocycles. The van der Waals surface area contributed by atoms with Crippen molar-refractivity contribution in [3.05, 3.63) is 59.3 Å². The van der Waals surface area contributed by atoms with Crippen LogP contribution in [-0.2, 0) is 17.6 Å². The zero-order valence-corrected chi connectivity index (χ0v) is 16.2. The van der Waals surface area contributed by atoms with Crippen LogP contribution in [0.25, 0.3) is 0 Å². The van der Waals surface area contributed by atoms with Crippen LogP contribution in [-0.4, -0.2) is 45.7 Å². The highest BCUT2D eigenvalue weighted by Gasteiger charge is 2.30. The molecule has 1 aromatic carbocycles. The number of halogens is 1. The standard InChI is InChI=1S/C22H26FNO5/c23-16-5-3-15(4-6-16)14-18(25)9-7-17-8-12-21(26)24(17)13-1-2-19-10-11-20(29-19)22(27)28/h3-6,10-11,17-18,25H,1-2,7-9,12-14H2,(H,27,28)/t17-,18+/m0/s1. The highest BCUT2D eigenvalue weighted by atomic mass is 19.1. The Balaban J connectivity index is 1.44. The molecule has 2 heterocycles. The molecule has 29 heavy (non-hydrogen) atoms. The molecule has 0 spiro atoms. The summed E-state index contributed by atoms with van der Waals surface area (Å²) in [5, 5.41) is 19.2. The Kier molecular flexibility index (Phi) is 7.04. The number of carbonyl (C=O) groups is 2.